The molecular formula is C14H19NO5S. The Kier molecular flexibility index (Phi) is 6.51. The minimum atomic E-state index is -3.56. The number of hydrogen-bond donors (Lipinski definition) is 2. The van der Waals surface area contributed by atoms with Crippen molar-refractivity contribution in [3.05, 3.63) is 29.8 Å². The summed E-state index contributed by atoms with van der Waals surface area (Å²) in [5.41, 5.74) is 0.309. The van der Waals surface area contributed by atoms with Crippen LogP contribution in [0.25, 0.3) is 0 Å². The van der Waals surface area contributed by atoms with Crippen molar-refractivity contribution >= 4 is 21.8 Å². The minimum Gasteiger partial charge on any atom is -0.481 e. The molecule has 0 amide bonds. The highest BCUT2D eigenvalue weighted by Crippen LogP contribution is 2.12. The molecule has 21 heavy (non-hydrogen) atoms. The van der Waals surface area contributed by atoms with Gasteiger partial charge in [-0.15, -0.1) is 0 Å². The number of carboxylic acids is 1. The van der Waals surface area contributed by atoms with Crippen LogP contribution in [-0.2, 0) is 14.8 Å². The summed E-state index contributed by atoms with van der Waals surface area (Å²) in [6, 6.07) is 5.50. The van der Waals surface area contributed by atoms with E-state index in [9.17, 15) is 18.0 Å². The molecule has 0 aromatic heterocycles. The van der Waals surface area contributed by atoms with Gasteiger partial charge in [-0.05, 0) is 18.6 Å². The van der Waals surface area contributed by atoms with Crippen LogP contribution in [0.15, 0.2) is 29.2 Å². The van der Waals surface area contributed by atoms with Crippen LogP contribution in [0, 0.1) is 0 Å². The van der Waals surface area contributed by atoms with Crippen molar-refractivity contribution in [3.63, 3.8) is 0 Å². The second-order valence-electron chi connectivity index (χ2n) is 4.59. The molecule has 0 spiro atoms. The van der Waals surface area contributed by atoms with Crippen molar-refractivity contribution in [1.82, 2.24) is 4.72 Å². The summed E-state index contributed by atoms with van der Waals surface area (Å²) in [5.74, 6) is -1.36. The molecule has 0 atom stereocenters. The molecule has 1 aromatic carbocycles. The summed E-state index contributed by atoms with van der Waals surface area (Å²) in [7, 11) is -3.56. The maximum Gasteiger partial charge on any atom is 0.303 e. The fourth-order valence-corrected chi connectivity index (χ4v) is 2.73. The van der Waals surface area contributed by atoms with E-state index in [0.717, 1.165) is 12.8 Å². The number of unbranched alkanes of at least 4 members (excludes halogenated alkanes) is 1. The van der Waals surface area contributed by atoms with Gasteiger partial charge >= 0.3 is 5.97 Å². The van der Waals surface area contributed by atoms with E-state index in [-0.39, 0.29) is 23.5 Å². The van der Waals surface area contributed by atoms with Gasteiger partial charge in [-0.1, -0.05) is 25.5 Å². The van der Waals surface area contributed by atoms with Gasteiger partial charge in [-0.2, -0.15) is 0 Å². The number of Topliss-reactive ketones (excluding diaryl/α,β-unsaturated/α-hetero) is 1. The van der Waals surface area contributed by atoms with Gasteiger partial charge in [0.15, 0.2) is 5.78 Å². The van der Waals surface area contributed by atoms with E-state index in [0.29, 0.717) is 12.1 Å². The fourth-order valence-electron chi connectivity index (χ4n) is 1.65. The standard InChI is InChI=1S/C14H19NO5S/c1-2-3-10-15-21(19,20)12-6-4-11(5-7-12)13(16)8-9-14(17)18/h4-7,15H,2-3,8-10H2,1H3,(H,17,18). The lowest BCUT2D eigenvalue weighted by Crippen LogP contribution is -2.24. The molecule has 0 saturated heterocycles. The Labute approximate surface area is 124 Å². The predicted octanol–water partition coefficient (Wildman–Crippen LogP) is 1.81. The van der Waals surface area contributed by atoms with Crippen LogP contribution in [0.1, 0.15) is 43.0 Å². The zero-order valence-corrected chi connectivity index (χ0v) is 12.6. The Morgan fingerprint density at radius 3 is 2.29 bits per heavy atom. The smallest absolute Gasteiger partial charge is 0.303 e. The van der Waals surface area contributed by atoms with Crippen molar-refractivity contribution in [1.29, 1.82) is 0 Å². The Balaban J connectivity index is 2.73. The maximum absolute atomic E-state index is 11.9. The molecule has 0 aliphatic rings. The van der Waals surface area contributed by atoms with Crippen molar-refractivity contribution in [2.75, 3.05) is 6.54 Å². The van der Waals surface area contributed by atoms with Crippen LogP contribution in [-0.4, -0.2) is 31.8 Å². The average molecular weight is 313 g/mol. The van der Waals surface area contributed by atoms with E-state index >= 15 is 0 Å². The molecule has 1 aromatic rings. The number of benzene rings is 1. The van der Waals surface area contributed by atoms with Crippen LogP contribution in [0.5, 0.6) is 0 Å². The number of aliphatic carboxylic acids is 1. The number of carbonyl (C=O) groups excluding carboxylic acids is 1. The number of carboxylic acid groups (broad SMARTS) is 1. The predicted molar refractivity (Wildman–Crippen MR) is 77.7 cm³/mol. The second-order valence-corrected chi connectivity index (χ2v) is 6.36. The lowest BCUT2D eigenvalue weighted by Gasteiger charge is -2.07. The molecule has 0 radical (unpaired) electrons. The first kappa shape index (κ1) is 17.3. The summed E-state index contributed by atoms with van der Waals surface area (Å²) >= 11 is 0. The van der Waals surface area contributed by atoms with Crippen molar-refractivity contribution in [3.8, 4) is 0 Å². The number of sulfonamides is 1. The number of hydrogen-bond acceptors (Lipinski definition) is 4. The largest absolute Gasteiger partial charge is 0.481 e. The first-order valence-electron chi connectivity index (χ1n) is 6.71. The van der Waals surface area contributed by atoms with E-state index < -0.39 is 16.0 Å². The topological polar surface area (TPSA) is 101 Å². The molecule has 0 heterocycles. The van der Waals surface area contributed by atoms with Gasteiger partial charge < -0.3 is 5.11 Å². The van der Waals surface area contributed by atoms with Crippen molar-refractivity contribution in [2.45, 2.75) is 37.5 Å². The third-order valence-corrected chi connectivity index (χ3v) is 4.35. The number of ketones is 1. The first-order chi connectivity index (χ1) is 9.86. The molecule has 0 unspecified atom stereocenters. The molecular weight excluding hydrogens is 294 g/mol. The van der Waals surface area contributed by atoms with Crippen LogP contribution in [0.4, 0.5) is 0 Å². The minimum absolute atomic E-state index is 0.0911. The Bertz CT molecular complexity index is 592. The summed E-state index contributed by atoms with van der Waals surface area (Å²) in [6.07, 6.45) is 1.30. The fraction of sp³-hybridized carbons (Fsp3) is 0.429. The lowest BCUT2D eigenvalue weighted by molar-refractivity contribution is -0.136. The normalized spacial score (nSPS) is 11.3. The van der Waals surface area contributed by atoms with Gasteiger partial charge in [0.1, 0.15) is 0 Å². The molecule has 116 valence electrons. The summed E-state index contributed by atoms with van der Waals surface area (Å²) in [6.45, 7) is 2.34. The zero-order valence-electron chi connectivity index (χ0n) is 11.8. The van der Waals surface area contributed by atoms with Crippen molar-refractivity contribution in [2.24, 2.45) is 0 Å². The van der Waals surface area contributed by atoms with Gasteiger partial charge in [0.05, 0.1) is 11.3 Å². The molecule has 2 N–H and O–H groups in total. The third-order valence-electron chi connectivity index (χ3n) is 2.87. The number of nitrogens with one attached hydrogen (secondary N) is 1. The Morgan fingerprint density at radius 1 is 1.14 bits per heavy atom. The molecule has 0 saturated carbocycles. The van der Waals surface area contributed by atoms with Crippen LogP contribution in [0.2, 0.25) is 0 Å². The summed E-state index contributed by atoms with van der Waals surface area (Å²) < 4.78 is 26.3. The van der Waals surface area contributed by atoms with E-state index in [4.69, 9.17) is 5.11 Å². The molecule has 6 nitrogen and oxygen atoms in total. The van der Waals surface area contributed by atoms with Gasteiger partial charge in [-0.3, -0.25) is 9.59 Å². The van der Waals surface area contributed by atoms with Gasteiger partial charge in [0, 0.05) is 18.5 Å². The third kappa shape index (κ3) is 5.65. The second kappa shape index (κ2) is 7.90. The first-order valence-corrected chi connectivity index (χ1v) is 8.20. The Morgan fingerprint density at radius 2 is 1.76 bits per heavy atom. The highest BCUT2D eigenvalue weighted by atomic mass is 32.2. The maximum atomic E-state index is 11.9. The monoisotopic (exact) mass is 313 g/mol. The molecule has 1 rings (SSSR count). The summed E-state index contributed by atoms with van der Waals surface area (Å²) in [4.78, 5) is 22.2. The Hall–Kier alpha value is -1.73. The zero-order chi connectivity index (χ0) is 15.9. The molecule has 0 bridgehead atoms. The quantitative estimate of drug-likeness (QED) is 0.535. The van der Waals surface area contributed by atoms with E-state index in [1.54, 1.807) is 0 Å². The molecule has 0 fully saturated rings. The van der Waals surface area contributed by atoms with Gasteiger partial charge in [0.2, 0.25) is 10.0 Å². The van der Waals surface area contributed by atoms with Gasteiger partial charge in [-0.25, -0.2) is 13.1 Å². The molecule has 0 aliphatic carbocycles. The number of carbonyl (C=O) groups is 2. The van der Waals surface area contributed by atoms with Crippen LogP contribution < -0.4 is 4.72 Å². The van der Waals surface area contributed by atoms with Crippen molar-refractivity contribution < 1.29 is 23.1 Å². The van der Waals surface area contributed by atoms with Crippen LogP contribution >= 0.6 is 0 Å². The van der Waals surface area contributed by atoms with E-state index in [1.807, 2.05) is 6.92 Å². The summed E-state index contributed by atoms with van der Waals surface area (Å²) in [5, 5.41) is 8.52. The SMILES string of the molecule is CCCCNS(=O)(=O)c1ccc(C(=O)CCC(=O)O)cc1. The lowest BCUT2D eigenvalue weighted by atomic mass is 10.1. The van der Waals surface area contributed by atoms with Gasteiger partial charge in [0.25, 0.3) is 0 Å². The molecule has 0 aliphatic heterocycles. The van der Waals surface area contributed by atoms with E-state index in [2.05, 4.69) is 4.72 Å². The van der Waals surface area contributed by atoms with Crippen LogP contribution in [0.3, 0.4) is 0 Å². The highest BCUT2D eigenvalue weighted by Gasteiger charge is 2.14. The van der Waals surface area contributed by atoms with E-state index in [1.165, 1.54) is 24.3 Å². The number of rotatable bonds is 9. The average Bonchev–Trinajstić information content (AvgIpc) is 2.45. The highest BCUT2D eigenvalue weighted by molar-refractivity contribution is 7.89. The molecule has 7 heteroatoms.